The molecule has 1 aromatic rings. The van der Waals surface area contributed by atoms with E-state index in [-0.39, 0.29) is 16.6 Å². The van der Waals surface area contributed by atoms with Gasteiger partial charge in [0.2, 0.25) is 0 Å². The van der Waals surface area contributed by atoms with Crippen LogP contribution in [0.2, 0.25) is 0 Å². The van der Waals surface area contributed by atoms with E-state index in [0.717, 1.165) is 5.82 Å². The number of rotatable bonds is 4. The predicted octanol–water partition coefficient (Wildman–Crippen LogP) is 2.14. The first-order valence-electron chi connectivity index (χ1n) is 5.93. The fraction of sp³-hybridized carbons (Fsp3) is 0.750. The van der Waals surface area contributed by atoms with Crippen LogP contribution in [0.15, 0.2) is 5.16 Å². The van der Waals surface area contributed by atoms with Crippen molar-refractivity contribution in [2.24, 2.45) is 17.9 Å². The second kappa shape index (κ2) is 3.98. The van der Waals surface area contributed by atoms with Gasteiger partial charge in [0.1, 0.15) is 0 Å². The molecule has 1 N–H and O–H groups in total. The Morgan fingerprint density at radius 3 is 2.39 bits per heavy atom. The summed E-state index contributed by atoms with van der Waals surface area (Å²) < 4.78 is 1.67. The van der Waals surface area contributed by atoms with Gasteiger partial charge in [-0.1, -0.05) is 39.5 Å². The highest BCUT2D eigenvalue weighted by atomic mass is 32.2. The standard InChI is InChI=1S/C12H19N3O2S/c1-11(2)8(12(11,3)4)9-13-10(15(5)14-9)18-6-7(16)17/h8H,6H2,1-5H3,(H,16,17). The monoisotopic (exact) mass is 269 g/mol. The summed E-state index contributed by atoms with van der Waals surface area (Å²) in [4.78, 5) is 15.1. The predicted molar refractivity (Wildman–Crippen MR) is 69.7 cm³/mol. The zero-order chi connectivity index (χ0) is 13.7. The minimum atomic E-state index is -0.836. The van der Waals surface area contributed by atoms with E-state index in [1.807, 2.05) is 7.05 Å². The van der Waals surface area contributed by atoms with Gasteiger partial charge in [-0.3, -0.25) is 4.79 Å². The molecule has 6 heteroatoms. The Labute approximate surface area is 111 Å². The minimum absolute atomic E-state index is 0.0173. The number of carbonyl (C=O) groups is 1. The number of aromatic nitrogens is 3. The zero-order valence-corrected chi connectivity index (χ0v) is 12.2. The van der Waals surface area contributed by atoms with Crippen molar-refractivity contribution in [3.05, 3.63) is 5.82 Å². The molecular weight excluding hydrogens is 250 g/mol. The van der Waals surface area contributed by atoms with Gasteiger partial charge in [-0.15, -0.1) is 0 Å². The van der Waals surface area contributed by atoms with Gasteiger partial charge in [0.05, 0.1) is 5.75 Å². The number of carboxylic acids is 1. The summed E-state index contributed by atoms with van der Waals surface area (Å²) >= 11 is 1.21. The molecule has 1 aliphatic rings. The lowest BCUT2D eigenvalue weighted by Crippen LogP contribution is -2.00. The van der Waals surface area contributed by atoms with E-state index < -0.39 is 5.97 Å². The molecule has 5 nitrogen and oxygen atoms in total. The first-order valence-corrected chi connectivity index (χ1v) is 6.92. The van der Waals surface area contributed by atoms with Crippen LogP contribution in [0.5, 0.6) is 0 Å². The quantitative estimate of drug-likeness (QED) is 0.848. The molecule has 1 aliphatic carbocycles. The van der Waals surface area contributed by atoms with Crippen LogP contribution in [0, 0.1) is 10.8 Å². The average molecular weight is 269 g/mol. The topological polar surface area (TPSA) is 68.0 Å². The first-order chi connectivity index (χ1) is 8.18. The maximum absolute atomic E-state index is 10.6. The average Bonchev–Trinajstić information content (AvgIpc) is 2.53. The number of aliphatic carboxylic acids is 1. The largest absolute Gasteiger partial charge is 0.481 e. The van der Waals surface area contributed by atoms with Gasteiger partial charge in [-0.25, -0.2) is 9.67 Å². The molecule has 1 aromatic heterocycles. The summed E-state index contributed by atoms with van der Waals surface area (Å²) in [5.41, 5.74) is 0.395. The maximum atomic E-state index is 10.6. The van der Waals surface area contributed by atoms with Crippen molar-refractivity contribution in [2.75, 3.05) is 5.75 Å². The number of thioether (sulfide) groups is 1. The highest BCUT2D eigenvalue weighted by Crippen LogP contribution is 2.73. The van der Waals surface area contributed by atoms with Crippen molar-refractivity contribution in [3.63, 3.8) is 0 Å². The van der Waals surface area contributed by atoms with Crippen molar-refractivity contribution in [1.29, 1.82) is 0 Å². The fourth-order valence-electron chi connectivity index (χ4n) is 2.61. The van der Waals surface area contributed by atoms with Crippen molar-refractivity contribution >= 4 is 17.7 Å². The van der Waals surface area contributed by atoms with Crippen LogP contribution in [0.25, 0.3) is 0 Å². The Morgan fingerprint density at radius 2 is 1.94 bits per heavy atom. The molecular formula is C12H19N3O2S. The second-order valence-corrected chi connectivity index (χ2v) is 6.88. The summed E-state index contributed by atoms with van der Waals surface area (Å²) in [7, 11) is 1.81. The van der Waals surface area contributed by atoms with E-state index in [1.165, 1.54) is 11.8 Å². The van der Waals surface area contributed by atoms with Crippen LogP contribution >= 0.6 is 11.8 Å². The molecule has 18 heavy (non-hydrogen) atoms. The number of aryl methyl sites for hydroxylation is 1. The molecule has 0 aliphatic heterocycles. The normalized spacial score (nSPS) is 20.9. The Balaban J connectivity index is 2.18. The zero-order valence-electron chi connectivity index (χ0n) is 11.4. The fourth-order valence-corrected chi connectivity index (χ4v) is 3.24. The minimum Gasteiger partial charge on any atom is -0.481 e. The van der Waals surface area contributed by atoms with E-state index in [2.05, 4.69) is 37.8 Å². The van der Waals surface area contributed by atoms with Crippen molar-refractivity contribution in [3.8, 4) is 0 Å². The van der Waals surface area contributed by atoms with Gasteiger partial charge in [0.15, 0.2) is 11.0 Å². The highest BCUT2D eigenvalue weighted by Gasteiger charge is 2.67. The third-order valence-corrected chi connectivity index (χ3v) is 5.35. The Kier molecular flexibility index (Phi) is 2.96. The molecule has 1 heterocycles. The number of nitrogens with zero attached hydrogens (tertiary/aromatic N) is 3. The molecule has 0 radical (unpaired) electrons. The molecule has 0 amide bonds. The third kappa shape index (κ3) is 1.92. The summed E-state index contributed by atoms with van der Waals surface area (Å²) in [5, 5.41) is 13.8. The molecule has 2 rings (SSSR count). The lowest BCUT2D eigenvalue weighted by Gasteiger charge is -2.03. The summed E-state index contributed by atoms with van der Waals surface area (Å²) in [6.07, 6.45) is 0. The molecule has 0 saturated heterocycles. The number of hydrogen-bond acceptors (Lipinski definition) is 4. The van der Waals surface area contributed by atoms with Crippen molar-refractivity contribution in [2.45, 2.75) is 38.8 Å². The van der Waals surface area contributed by atoms with Gasteiger partial charge < -0.3 is 5.11 Å². The van der Waals surface area contributed by atoms with Crippen LogP contribution < -0.4 is 0 Å². The van der Waals surface area contributed by atoms with E-state index in [1.54, 1.807) is 4.68 Å². The summed E-state index contributed by atoms with van der Waals surface area (Å²) in [5.74, 6) is 0.357. The van der Waals surface area contributed by atoms with Crippen LogP contribution in [0.4, 0.5) is 0 Å². The smallest absolute Gasteiger partial charge is 0.313 e. The van der Waals surface area contributed by atoms with Crippen molar-refractivity contribution in [1.82, 2.24) is 14.8 Å². The van der Waals surface area contributed by atoms with Crippen molar-refractivity contribution < 1.29 is 9.90 Å². The van der Waals surface area contributed by atoms with Crippen LogP contribution in [-0.2, 0) is 11.8 Å². The molecule has 0 bridgehead atoms. The van der Waals surface area contributed by atoms with E-state index >= 15 is 0 Å². The number of carboxylic acid groups (broad SMARTS) is 1. The van der Waals surface area contributed by atoms with Gasteiger partial charge in [-0.05, 0) is 10.8 Å². The summed E-state index contributed by atoms with van der Waals surface area (Å²) in [6.45, 7) is 8.88. The molecule has 1 fully saturated rings. The van der Waals surface area contributed by atoms with E-state index in [4.69, 9.17) is 5.11 Å². The molecule has 100 valence electrons. The Bertz CT molecular complexity index is 480. The Morgan fingerprint density at radius 1 is 1.39 bits per heavy atom. The van der Waals surface area contributed by atoms with Gasteiger partial charge in [0, 0.05) is 13.0 Å². The van der Waals surface area contributed by atoms with Crippen LogP contribution in [-0.4, -0.2) is 31.6 Å². The number of hydrogen-bond donors (Lipinski definition) is 1. The van der Waals surface area contributed by atoms with Crippen LogP contribution in [0.1, 0.15) is 39.4 Å². The van der Waals surface area contributed by atoms with Crippen LogP contribution in [0.3, 0.4) is 0 Å². The molecule has 0 atom stereocenters. The van der Waals surface area contributed by atoms with Gasteiger partial charge in [-0.2, -0.15) is 5.10 Å². The second-order valence-electron chi connectivity index (χ2n) is 5.93. The van der Waals surface area contributed by atoms with E-state index in [0.29, 0.717) is 11.1 Å². The Hall–Kier alpha value is -1.04. The van der Waals surface area contributed by atoms with Gasteiger partial charge in [0.25, 0.3) is 0 Å². The maximum Gasteiger partial charge on any atom is 0.313 e. The van der Waals surface area contributed by atoms with Gasteiger partial charge >= 0.3 is 5.97 Å². The lowest BCUT2D eigenvalue weighted by molar-refractivity contribution is -0.133. The molecule has 0 spiro atoms. The van der Waals surface area contributed by atoms with E-state index in [9.17, 15) is 4.79 Å². The first kappa shape index (κ1) is 13.4. The highest BCUT2D eigenvalue weighted by molar-refractivity contribution is 7.99. The summed E-state index contributed by atoms with van der Waals surface area (Å²) in [6, 6.07) is 0. The third-order valence-electron chi connectivity index (χ3n) is 4.34. The molecule has 0 unspecified atom stereocenters. The molecule has 0 aromatic carbocycles. The molecule has 1 saturated carbocycles. The SMILES string of the molecule is Cn1nc(C2C(C)(C)C2(C)C)nc1SCC(=O)O. The lowest BCUT2D eigenvalue weighted by atomic mass is 10.0.